The number of halogens is 4. The number of amides is 1. The highest BCUT2D eigenvalue weighted by Crippen LogP contribution is 2.36. The van der Waals surface area contributed by atoms with Crippen molar-refractivity contribution in [3.63, 3.8) is 0 Å². The average Bonchev–Trinajstić information content (AvgIpc) is 2.93. The summed E-state index contributed by atoms with van der Waals surface area (Å²) in [6.07, 6.45) is 1.99. The number of hydrogen-bond donors (Lipinski definition) is 0. The quantitative estimate of drug-likeness (QED) is 0.371. The Labute approximate surface area is 237 Å². The van der Waals surface area contributed by atoms with Crippen LogP contribution in [0.3, 0.4) is 0 Å². The number of rotatable bonds is 8. The summed E-state index contributed by atoms with van der Waals surface area (Å²) in [5, 5.41) is 0. The smallest absolute Gasteiger partial charge is 0.415 e. The first-order chi connectivity index (χ1) is 18.3. The molecule has 3 fully saturated rings. The zero-order chi connectivity index (χ0) is 26.7. The van der Waals surface area contributed by atoms with Crippen molar-refractivity contribution in [2.45, 2.75) is 31.9 Å². The van der Waals surface area contributed by atoms with Crippen molar-refractivity contribution < 1.29 is 48.9 Å². The van der Waals surface area contributed by atoms with Gasteiger partial charge in [0.1, 0.15) is 18.1 Å². The lowest BCUT2D eigenvalue weighted by atomic mass is 9.83. The molecule has 6 rings (SSSR count). The largest absolute Gasteiger partial charge is 1.00 e. The number of piperidine rings is 3. The summed E-state index contributed by atoms with van der Waals surface area (Å²) in [7, 11) is 1.65. The van der Waals surface area contributed by atoms with Crippen LogP contribution in [0.1, 0.15) is 24.0 Å². The van der Waals surface area contributed by atoms with Crippen molar-refractivity contribution in [2.24, 2.45) is 5.92 Å². The molecule has 1 amide bonds. The lowest BCUT2D eigenvalue weighted by Crippen LogP contribution is -3.00. The van der Waals surface area contributed by atoms with Gasteiger partial charge in [0, 0.05) is 25.2 Å². The van der Waals surface area contributed by atoms with E-state index in [0.717, 1.165) is 67.8 Å². The Morgan fingerprint density at radius 1 is 0.949 bits per heavy atom. The van der Waals surface area contributed by atoms with Gasteiger partial charge in [-0.05, 0) is 53.6 Å². The molecule has 3 aliphatic heterocycles. The van der Waals surface area contributed by atoms with Gasteiger partial charge >= 0.3 is 6.09 Å². The monoisotopic (exact) mass is 604 g/mol. The topological polar surface area (TPSA) is 38.8 Å². The molecule has 0 unspecified atom stereocenters. The maximum Gasteiger partial charge on any atom is 0.415 e. The van der Waals surface area contributed by atoms with Crippen molar-refractivity contribution in [1.29, 1.82) is 0 Å². The van der Waals surface area contributed by atoms with E-state index in [1.807, 2.05) is 12.1 Å². The SMILES string of the molecule is COc1ccc(CC[N+]23CCC(CC2)[C@@H](OC(=O)N(Cc2ccc(F)c(F)c2)c2cccc(F)c2)C3)cc1.[Br-]. The fourth-order valence-electron chi connectivity index (χ4n) is 5.75. The minimum absolute atomic E-state index is 0. The molecule has 0 aliphatic carbocycles. The van der Waals surface area contributed by atoms with Gasteiger partial charge < -0.3 is 30.9 Å². The molecule has 208 valence electrons. The van der Waals surface area contributed by atoms with Crippen LogP contribution in [0.15, 0.2) is 66.7 Å². The zero-order valence-corrected chi connectivity index (χ0v) is 23.4. The maximum atomic E-state index is 14.0. The highest BCUT2D eigenvalue weighted by molar-refractivity contribution is 5.87. The van der Waals surface area contributed by atoms with Crippen LogP contribution < -0.4 is 26.6 Å². The van der Waals surface area contributed by atoms with Crippen LogP contribution in [0, 0.1) is 23.4 Å². The summed E-state index contributed by atoms with van der Waals surface area (Å²) >= 11 is 0. The van der Waals surface area contributed by atoms with E-state index in [-0.39, 0.29) is 35.5 Å². The lowest BCUT2D eigenvalue weighted by molar-refractivity contribution is -0.945. The van der Waals surface area contributed by atoms with E-state index in [9.17, 15) is 18.0 Å². The first-order valence-corrected chi connectivity index (χ1v) is 13.0. The lowest BCUT2D eigenvalue weighted by Gasteiger charge is -2.52. The number of carbonyl (C=O) groups is 1. The molecule has 1 atom stereocenters. The molecular weight excluding hydrogens is 573 g/mol. The number of hydrogen-bond acceptors (Lipinski definition) is 3. The minimum Gasteiger partial charge on any atom is -1.00 e. The Hall–Kier alpha value is -3.04. The summed E-state index contributed by atoms with van der Waals surface area (Å²) in [5.41, 5.74) is 1.91. The van der Waals surface area contributed by atoms with Crippen LogP contribution in [0.5, 0.6) is 5.75 Å². The van der Waals surface area contributed by atoms with Crippen molar-refractivity contribution in [3.8, 4) is 5.75 Å². The van der Waals surface area contributed by atoms with E-state index in [1.165, 1.54) is 34.7 Å². The minimum atomic E-state index is -1.00. The second kappa shape index (κ2) is 12.4. The number of fused-ring (bicyclic) bond motifs is 3. The Kier molecular flexibility index (Phi) is 9.23. The standard InChI is InChI=1S/C30H32F3N2O3.BrH/c1-37-26-8-5-21(6-9-26)11-14-35-15-12-23(13-16-35)29(20-35)38-30(36)34(25-4-2-3-24(31)18-25)19-22-7-10-27(32)28(33)17-22;/h2-10,17-18,23,29H,11-16,19-20H2,1H3;1H/q+1;/p-1/t23?,29-,35?;/m0./s1. The number of nitrogens with zero attached hydrogens (tertiary/aromatic N) is 2. The number of carbonyl (C=O) groups excluding carboxylic acids is 1. The van der Waals surface area contributed by atoms with Crippen LogP contribution in [-0.4, -0.2) is 50.0 Å². The van der Waals surface area contributed by atoms with Gasteiger partial charge in [0.15, 0.2) is 17.7 Å². The van der Waals surface area contributed by atoms with Crippen LogP contribution in [0.2, 0.25) is 0 Å². The summed E-state index contributed by atoms with van der Waals surface area (Å²) in [6, 6.07) is 17.2. The predicted molar refractivity (Wildman–Crippen MR) is 138 cm³/mol. The third kappa shape index (κ3) is 6.76. The molecule has 2 bridgehead atoms. The Morgan fingerprint density at radius 2 is 1.67 bits per heavy atom. The second-order valence-electron chi connectivity index (χ2n) is 10.4. The molecule has 39 heavy (non-hydrogen) atoms. The van der Waals surface area contributed by atoms with Crippen molar-refractivity contribution in [3.05, 3.63) is 95.3 Å². The molecule has 0 aromatic heterocycles. The van der Waals surface area contributed by atoms with Crippen molar-refractivity contribution in [2.75, 3.05) is 38.2 Å². The number of ether oxygens (including phenoxy) is 2. The van der Waals surface area contributed by atoms with Gasteiger partial charge in [0.2, 0.25) is 0 Å². The van der Waals surface area contributed by atoms with E-state index in [0.29, 0.717) is 11.3 Å². The van der Waals surface area contributed by atoms with Gasteiger partial charge in [-0.25, -0.2) is 18.0 Å². The third-order valence-electron chi connectivity index (χ3n) is 7.99. The van der Waals surface area contributed by atoms with E-state index in [4.69, 9.17) is 9.47 Å². The van der Waals surface area contributed by atoms with E-state index < -0.39 is 23.5 Å². The summed E-state index contributed by atoms with van der Waals surface area (Å²) < 4.78 is 53.6. The van der Waals surface area contributed by atoms with Crippen LogP contribution >= 0.6 is 0 Å². The molecule has 0 saturated carbocycles. The highest BCUT2D eigenvalue weighted by Gasteiger charge is 2.47. The van der Waals surface area contributed by atoms with Crippen molar-refractivity contribution >= 4 is 11.8 Å². The molecule has 9 heteroatoms. The first-order valence-electron chi connectivity index (χ1n) is 13.0. The van der Waals surface area contributed by atoms with E-state index >= 15 is 0 Å². The molecule has 0 N–H and O–H groups in total. The van der Waals surface area contributed by atoms with E-state index in [1.54, 1.807) is 13.2 Å². The van der Waals surface area contributed by atoms with Gasteiger partial charge in [-0.15, -0.1) is 0 Å². The second-order valence-corrected chi connectivity index (χ2v) is 10.4. The van der Waals surface area contributed by atoms with Gasteiger partial charge in [0.05, 0.1) is 39.0 Å². The number of benzene rings is 3. The molecule has 3 heterocycles. The molecule has 5 nitrogen and oxygen atoms in total. The molecule has 3 aromatic carbocycles. The van der Waals surface area contributed by atoms with Gasteiger partial charge in [-0.2, -0.15) is 0 Å². The molecule has 0 radical (unpaired) electrons. The maximum absolute atomic E-state index is 14.0. The fraction of sp³-hybridized carbons (Fsp3) is 0.367. The Balaban J connectivity index is 0.00000353. The van der Waals surface area contributed by atoms with Crippen LogP contribution in [-0.2, 0) is 17.7 Å². The molecular formula is C30H32BrF3N2O3. The summed E-state index contributed by atoms with van der Waals surface area (Å²) in [5.74, 6) is -1.37. The molecule has 3 saturated heterocycles. The first kappa shape index (κ1) is 29.0. The molecule has 3 aliphatic rings. The number of quaternary nitrogens is 1. The summed E-state index contributed by atoms with van der Waals surface area (Å²) in [6.45, 7) is 3.72. The molecule has 3 aromatic rings. The van der Waals surface area contributed by atoms with Crippen LogP contribution in [0.25, 0.3) is 0 Å². The number of anilines is 1. The normalized spacial score (nSPS) is 21.6. The van der Waals surface area contributed by atoms with Gasteiger partial charge in [0.25, 0.3) is 0 Å². The van der Waals surface area contributed by atoms with E-state index in [2.05, 4.69) is 12.1 Å². The van der Waals surface area contributed by atoms with Gasteiger partial charge in [-0.3, -0.25) is 4.90 Å². The third-order valence-corrected chi connectivity index (χ3v) is 7.99. The number of methoxy groups -OCH3 is 1. The zero-order valence-electron chi connectivity index (χ0n) is 21.8. The Bertz CT molecular complexity index is 1280. The van der Waals surface area contributed by atoms with Gasteiger partial charge in [-0.1, -0.05) is 24.3 Å². The Morgan fingerprint density at radius 3 is 2.33 bits per heavy atom. The fourth-order valence-corrected chi connectivity index (χ4v) is 5.75. The predicted octanol–water partition coefficient (Wildman–Crippen LogP) is 3.11. The highest BCUT2D eigenvalue weighted by atomic mass is 79.9. The summed E-state index contributed by atoms with van der Waals surface area (Å²) in [4.78, 5) is 14.8. The average molecular weight is 605 g/mol. The van der Waals surface area contributed by atoms with Crippen LogP contribution in [0.4, 0.5) is 23.7 Å². The van der Waals surface area contributed by atoms with Crippen molar-refractivity contribution in [1.82, 2.24) is 0 Å². The molecule has 0 spiro atoms.